The lowest BCUT2D eigenvalue weighted by Crippen LogP contribution is -2.57. The first-order chi connectivity index (χ1) is 17.9. The number of aliphatic hydroxyl groups is 1. The zero-order valence-electron chi connectivity index (χ0n) is 22.1. The number of ether oxygens (including phenoxy) is 2. The molecule has 6 atom stereocenters. The highest BCUT2D eigenvalue weighted by molar-refractivity contribution is 9.09. The van der Waals surface area contributed by atoms with Gasteiger partial charge in [0, 0.05) is 31.1 Å². The zero-order valence-corrected chi connectivity index (χ0v) is 23.7. The van der Waals surface area contributed by atoms with E-state index in [1.807, 2.05) is 0 Å². The number of unbranched alkanes of at least 4 members (excludes halogenated alkanes) is 5. The molecule has 2 amide bonds. The molecule has 0 aromatic heterocycles. The zero-order chi connectivity index (χ0) is 27.0. The fourth-order valence-electron chi connectivity index (χ4n) is 6.18. The number of hydrogen-bond acceptors (Lipinski definition) is 6. The van der Waals surface area contributed by atoms with Crippen molar-refractivity contribution < 1.29 is 29.0 Å². The Morgan fingerprint density at radius 3 is 2.65 bits per heavy atom. The van der Waals surface area contributed by atoms with Gasteiger partial charge in [0.05, 0.1) is 24.5 Å². The molecule has 3 heterocycles. The summed E-state index contributed by atoms with van der Waals surface area (Å²) in [5.74, 6) is -2.27. The van der Waals surface area contributed by atoms with Gasteiger partial charge in [-0.3, -0.25) is 14.4 Å². The number of alkyl halides is 1. The monoisotopic (exact) mass is 582 g/mol. The van der Waals surface area contributed by atoms with E-state index in [1.54, 1.807) is 22.0 Å². The topological polar surface area (TPSA) is 96.4 Å². The first-order valence-corrected chi connectivity index (χ1v) is 14.7. The predicted molar refractivity (Wildman–Crippen MR) is 145 cm³/mol. The molecule has 2 bridgehead atoms. The Balaban J connectivity index is 1.92. The van der Waals surface area contributed by atoms with Crippen LogP contribution in [0.25, 0.3) is 0 Å². The lowest BCUT2D eigenvalue weighted by atomic mass is 9.70. The molecule has 37 heavy (non-hydrogen) atoms. The molecule has 0 aromatic carbocycles. The lowest BCUT2D eigenvalue weighted by Gasteiger charge is -2.37. The average molecular weight is 584 g/mol. The van der Waals surface area contributed by atoms with E-state index in [9.17, 15) is 14.4 Å². The highest BCUT2D eigenvalue weighted by atomic mass is 79.9. The largest absolute Gasteiger partial charge is 0.465 e. The Morgan fingerprint density at radius 2 is 1.97 bits per heavy atom. The molecule has 0 aliphatic carbocycles. The molecular weight excluding hydrogens is 540 g/mol. The minimum absolute atomic E-state index is 0.136. The number of aliphatic hydroxyl groups excluding tert-OH is 1. The first kappa shape index (κ1) is 29.8. The summed E-state index contributed by atoms with van der Waals surface area (Å²) < 4.78 is 12.0. The van der Waals surface area contributed by atoms with Gasteiger partial charge in [-0.2, -0.15) is 0 Å². The number of hydrogen-bond donors (Lipinski definition) is 1. The van der Waals surface area contributed by atoms with Gasteiger partial charge in [-0.05, 0) is 32.1 Å². The highest BCUT2D eigenvalue weighted by Gasteiger charge is 2.77. The molecule has 0 radical (unpaired) electrons. The molecule has 3 rings (SSSR count). The van der Waals surface area contributed by atoms with Gasteiger partial charge in [-0.1, -0.05) is 60.7 Å². The summed E-state index contributed by atoms with van der Waals surface area (Å²) in [5, 5.41) is 9.10. The van der Waals surface area contributed by atoms with Crippen molar-refractivity contribution in [1.29, 1.82) is 0 Å². The van der Waals surface area contributed by atoms with Crippen LogP contribution >= 0.6 is 15.9 Å². The van der Waals surface area contributed by atoms with Crippen molar-refractivity contribution in [2.24, 2.45) is 11.8 Å². The summed E-state index contributed by atoms with van der Waals surface area (Å²) >= 11 is 3.69. The second kappa shape index (κ2) is 13.9. The highest BCUT2D eigenvalue weighted by Crippen LogP contribution is 2.60. The first-order valence-electron chi connectivity index (χ1n) is 13.8. The van der Waals surface area contributed by atoms with Crippen molar-refractivity contribution in [3.63, 3.8) is 0 Å². The fraction of sp³-hybridized carbons (Fsp3) is 0.750. The Bertz CT molecular complexity index is 837. The Hall–Kier alpha value is -1.71. The molecule has 208 valence electrons. The normalized spacial score (nSPS) is 29.9. The van der Waals surface area contributed by atoms with Crippen LogP contribution in [0.2, 0.25) is 0 Å². The van der Waals surface area contributed by atoms with Gasteiger partial charge in [0.25, 0.3) is 0 Å². The van der Waals surface area contributed by atoms with Gasteiger partial charge in [-0.15, -0.1) is 13.2 Å². The number of amides is 2. The molecule has 8 nitrogen and oxygen atoms in total. The molecule has 9 heteroatoms. The maximum absolute atomic E-state index is 14.2. The number of likely N-dealkylation sites (tertiary alicyclic amines) is 1. The molecular formula is C28H43BrN2O6. The van der Waals surface area contributed by atoms with Gasteiger partial charge >= 0.3 is 5.97 Å². The van der Waals surface area contributed by atoms with Crippen molar-refractivity contribution in [1.82, 2.24) is 9.80 Å². The molecule has 3 fully saturated rings. The summed E-state index contributed by atoms with van der Waals surface area (Å²) in [7, 11) is 0. The molecule has 3 aliphatic heterocycles. The average Bonchev–Trinajstić information content (AvgIpc) is 3.46. The molecule has 3 aliphatic rings. The van der Waals surface area contributed by atoms with E-state index in [2.05, 4.69) is 36.0 Å². The summed E-state index contributed by atoms with van der Waals surface area (Å²) in [5.41, 5.74) is -1.07. The third-order valence-electron chi connectivity index (χ3n) is 7.86. The van der Waals surface area contributed by atoms with Gasteiger partial charge < -0.3 is 24.4 Å². The van der Waals surface area contributed by atoms with Crippen molar-refractivity contribution >= 4 is 33.7 Å². The van der Waals surface area contributed by atoms with Crippen LogP contribution in [0.1, 0.15) is 64.7 Å². The van der Waals surface area contributed by atoms with E-state index in [0.717, 1.165) is 32.1 Å². The van der Waals surface area contributed by atoms with E-state index >= 15 is 0 Å². The summed E-state index contributed by atoms with van der Waals surface area (Å²) in [6.07, 6.45) is 9.93. The van der Waals surface area contributed by atoms with Crippen LogP contribution < -0.4 is 0 Å². The van der Waals surface area contributed by atoms with Crippen LogP contribution in [0.3, 0.4) is 0 Å². The van der Waals surface area contributed by atoms with Crippen LogP contribution in [0.15, 0.2) is 25.3 Å². The molecule has 0 saturated carbocycles. The number of fused-ring (bicyclic) bond motifs is 1. The van der Waals surface area contributed by atoms with Crippen LogP contribution in [0.4, 0.5) is 0 Å². The van der Waals surface area contributed by atoms with E-state index in [0.29, 0.717) is 45.3 Å². The van der Waals surface area contributed by atoms with Crippen molar-refractivity contribution in [3.05, 3.63) is 25.3 Å². The van der Waals surface area contributed by atoms with E-state index < -0.39 is 35.6 Å². The number of carbonyl (C=O) groups excluding carboxylic acids is 3. The number of rotatable bonds is 17. The van der Waals surface area contributed by atoms with E-state index in [-0.39, 0.29) is 29.9 Å². The van der Waals surface area contributed by atoms with Gasteiger partial charge in [0.1, 0.15) is 11.6 Å². The van der Waals surface area contributed by atoms with Crippen molar-refractivity contribution in [3.8, 4) is 0 Å². The second-order valence-electron chi connectivity index (χ2n) is 10.4. The Kier molecular flexibility index (Phi) is 11.2. The molecule has 3 saturated heterocycles. The third kappa shape index (κ3) is 6.14. The lowest BCUT2D eigenvalue weighted by molar-refractivity contribution is -0.155. The van der Waals surface area contributed by atoms with Crippen LogP contribution in [0, 0.1) is 11.8 Å². The van der Waals surface area contributed by atoms with Crippen LogP contribution in [-0.4, -0.2) is 88.1 Å². The molecule has 1 spiro atoms. The molecule has 3 unspecified atom stereocenters. The van der Waals surface area contributed by atoms with Gasteiger partial charge in [-0.25, -0.2) is 0 Å². The predicted octanol–water partition coefficient (Wildman–Crippen LogP) is 3.61. The molecule has 0 aromatic rings. The summed E-state index contributed by atoms with van der Waals surface area (Å²) in [6, 6.07) is -0.791. The number of carbonyl (C=O) groups is 3. The van der Waals surface area contributed by atoms with Crippen LogP contribution in [-0.2, 0) is 23.9 Å². The number of nitrogens with zero attached hydrogens (tertiary/aromatic N) is 2. The van der Waals surface area contributed by atoms with Gasteiger partial charge in [0.15, 0.2) is 0 Å². The maximum Gasteiger partial charge on any atom is 0.312 e. The van der Waals surface area contributed by atoms with E-state index in [1.165, 1.54) is 0 Å². The standard InChI is InChI=1S/C28H43BrN2O6/c1-4-7-11-15-30(14-6-3)26(34)24-28-19-20(29)23(37-28)21(27(35)36-18-8-5-2)22(28)25(33)31(24)16-12-9-10-13-17-32/h5-6,20-24,32H,2-4,7-19H2,1H3/t20?,21-,22+,23-,24?,28?/m1/s1. The second-order valence-corrected chi connectivity index (χ2v) is 11.5. The number of esters is 1. The Morgan fingerprint density at radius 1 is 1.22 bits per heavy atom. The smallest absolute Gasteiger partial charge is 0.312 e. The third-order valence-corrected chi connectivity index (χ3v) is 8.71. The SMILES string of the molecule is C=CCCOC(=O)[C@H]1[C@@H]2OC3(CC2Br)C(C(=O)N(CC=C)CCCCC)N(CCCCCCO)C(=O)[C@H]13. The van der Waals surface area contributed by atoms with Crippen molar-refractivity contribution in [2.45, 2.75) is 87.3 Å². The minimum Gasteiger partial charge on any atom is -0.465 e. The van der Waals surface area contributed by atoms with Crippen molar-refractivity contribution in [2.75, 3.05) is 32.8 Å². The number of halogens is 1. The fourth-order valence-corrected chi connectivity index (χ4v) is 7.12. The van der Waals surface area contributed by atoms with Crippen LogP contribution in [0.5, 0.6) is 0 Å². The Labute approximate surface area is 229 Å². The molecule has 1 N–H and O–H groups in total. The minimum atomic E-state index is -1.07. The maximum atomic E-state index is 14.2. The van der Waals surface area contributed by atoms with E-state index in [4.69, 9.17) is 14.6 Å². The summed E-state index contributed by atoms with van der Waals surface area (Å²) in [4.78, 5) is 44.7. The summed E-state index contributed by atoms with van der Waals surface area (Å²) in [6.45, 7) is 11.4. The van der Waals surface area contributed by atoms with Gasteiger partial charge in [0.2, 0.25) is 11.8 Å². The quantitative estimate of drug-likeness (QED) is 0.122.